The first-order valence-electron chi connectivity index (χ1n) is 14.2. The molecule has 12 atom stereocenters. The quantitative estimate of drug-likeness (QED) is 0.233. The number of likely N-dealkylation sites (tertiary alicyclic amines) is 1. The molecule has 0 bridgehead atoms. The van der Waals surface area contributed by atoms with Crippen LogP contribution in [0.25, 0.3) is 0 Å². The van der Waals surface area contributed by atoms with Gasteiger partial charge in [0.2, 0.25) is 0 Å². The average Bonchev–Trinajstić information content (AvgIpc) is 3.13. The fraction of sp³-hybridized carbons (Fsp3) is 0.931. The molecule has 7 aliphatic rings. The number of rotatable bonds is 2. The van der Waals surface area contributed by atoms with E-state index in [0.29, 0.717) is 38.2 Å². The number of ether oxygens (including phenoxy) is 1. The van der Waals surface area contributed by atoms with E-state index in [9.17, 15) is 5.11 Å². The molecule has 2 aliphatic heterocycles. The number of nitrogens with zero attached hydrogens (tertiary/aromatic N) is 1. The molecule has 1 N–H and O–H groups in total. The molecule has 0 aromatic rings. The molecule has 7 rings (SSSR count). The lowest BCUT2D eigenvalue weighted by atomic mass is 9.56. The SMILES string of the molecule is C[C@H]1C[C@H]2O[C@]3(CC[C@H]4[C@@H]5CC=C6C[C@@H](O)CC[C@]6(C)[C@H]5CC45CC53C)[C@H](I)[C@@H]2N(CCCl)C1. The van der Waals surface area contributed by atoms with E-state index in [1.807, 2.05) is 0 Å². The predicted octanol–water partition coefficient (Wildman–Crippen LogP) is 6.20. The Bertz CT molecular complexity index is 913. The molecule has 2 heterocycles. The lowest BCUT2D eigenvalue weighted by Gasteiger charge is -2.50. The van der Waals surface area contributed by atoms with Crippen LogP contribution in [-0.4, -0.2) is 56.8 Å². The summed E-state index contributed by atoms with van der Waals surface area (Å²) in [7, 11) is 0. The predicted molar refractivity (Wildman–Crippen MR) is 145 cm³/mol. The Morgan fingerprint density at radius 2 is 2.06 bits per heavy atom. The largest absolute Gasteiger partial charge is 0.393 e. The zero-order chi connectivity index (χ0) is 23.7. The van der Waals surface area contributed by atoms with Crippen LogP contribution in [-0.2, 0) is 4.74 Å². The summed E-state index contributed by atoms with van der Waals surface area (Å²) >= 11 is 9.11. The van der Waals surface area contributed by atoms with Gasteiger partial charge in [-0.1, -0.05) is 55.0 Å². The van der Waals surface area contributed by atoms with Crippen LogP contribution in [0, 0.1) is 39.9 Å². The van der Waals surface area contributed by atoms with Gasteiger partial charge in [-0.15, -0.1) is 11.6 Å². The Labute approximate surface area is 224 Å². The van der Waals surface area contributed by atoms with Crippen molar-refractivity contribution in [1.82, 2.24) is 4.90 Å². The number of hydrogen-bond acceptors (Lipinski definition) is 3. The van der Waals surface area contributed by atoms with E-state index in [-0.39, 0.29) is 11.7 Å². The van der Waals surface area contributed by atoms with Gasteiger partial charge >= 0.3 is 0 Å². The first kappa shape index (κ1) is 23.7. The highest BCUT2D eigenvalue weighted by Crippen LogP contribution is 2.87. The molecular formula is C29H43ClINO2. The van der Waals surface area contributed by atoms with E-state index in [1.165, 1.54) is 51.5 Å². The zero-order valence-electron chi connectivity index (χ0n) is 21.2. The van der Waals surface area contributed by atoms with E-state index < -0.39 is 0 Å². The van der Waals surface area contributed by atoms with Crippen molar-refractivity contribution in [2.45, 2.75) is 106 Å². The first-order valence-corrected chi connectivity index (χ1v) is 16.0. The number of aliphatic hydroxyl groups excluding tert-OH is 1. The van der Waals surface area contributed by atoms with Gasteiger partial charge in [0.1, 0.15) is 0 Å². The second-order valence-electron chi connectivity index (χ2n) is 14.0. The number of hydrogen-bond donors (Lipinski definition) is 1. The average molecular weight is 600 g/mol. The number of alkyl halides is 2. The van der Waals surface area contributed by atoms with Gasteiger partial charge in [-0.3, -0.25) is 4.90 Å². The van der Waals surface area contributed by atoms with Gasteiger partial charge < -0.3 is 9.84 Å². The molecule has 6 fully saturated rings. The molecule has 5 aliphatic carbocycles. The number of fused-ring (bicyclic) bond motifs is 6. The van der Waals surface area contributed by atoms with Crippen molar-refractivity contribution in [3.63, 3.8) is 0 Å². The fourth-order valence-electron chi connectivity index (χ4n) is 11.2. The highest BCUT2D eigenvalue weighted by atomic mass is 127. The molecule has 3 nitrogen and oxygen atoms in total. The summed E-state index contributed by atoms with van der Waals surface area (Å²) in [6.07, 6.45) is 13.9. The third-order valence-electron chi connectivity index (χ3n) is 12.8. The van der Waals surface area contributed by atoms with Gasteiger partial charge in [-0.05, 0) is 92.3 Å². The summed E-state index contributed by atoms with van der Waals surface area (Å²) in [6, 6.07) is 0.538. The van der Waals surface area contributed by atoms with Crippen LogP contribution < -0.4 is 0 Å². The third-order valence-corrected chi connectivity index (χ3v) is 14.7. The molecule has 190 valence electrons. The minimum absolute atomic E-state index is 0.0431. The van der Waals surface area contributed by atoms with Gasteiger partial charge in [0.15, 0.2) is 0 Å². The van der Waals surface area contributed by atoms with Crippen LogP contribution in [0.3, 0.4) is 0 Å². The molecule has 0 aromatic heterocycles. The van der Waals surface area contributed by atoms with Crippen molar-refractivity contribution in [3.05, 3.63) is 11.6 Å². The van der Waals surface area contributed by atoms with E-state index in [1.54, 1.807) is 5.57 Å². The summed E-state index contributed by atoms with van der Waals surface area (Å²) in [5.74, 6) is 3.96. The van der Waals surface area contributed by atoms with Crippen molar-refractivity contribution in [2.75, 3.05) is 19.0 Å². The minimum atomic E-state index is -0.111. The Morgan fingerprint density at radius 1 is 1.24 bits per heavy atom. The van der Waals surface area contributed by atoms with Gasteiger partial charge in [0, 0.05) is 24.4 Å². The van der Waals surface area contributed by atoms with Crippen LogP contribution in [0.2, 0.25) is 0 Å². The Kier molecular flexibility index (Phi) is 5.31. The molecule has 34 heavy (non-hydrogen) atoms. The molecular weight excluding hydrogens is 557 g/mol. The summed E-state index contributed by atoms with van der Waals surface area (Å²) in [5, 5.41) is 10.4. The van der Waals surface area contributed by atoms with E-state index in [4.69, 9.17) is 16.3 Å². The summed E-state index contributed by atoms with van der Waals surface area (Å²) in [5.41, 5.74) is 2.78. The normalized spacial score (nSPS) is 60.1. The van der Waals surface area contributed by atoms with Gasteiger partial charge in [-0.2, -0.15) is 0 Å². The maximum Gasteiger partial charge on any atom is 0.0879 e. The van der Waals surface area contributed by atoms with E-state index >= 15 is 0 Å². The molecule has 2 saturated heterocycles. The zero-order valence-corrected chi connectivity index (χ0v) is 24.2. The van der Waals surface area contributed by atoms with Gasteiger partial charge in [-0.25, -0.2) is 0 Å². The fourth-order valence-corrected chi connectivity index (χ4v) is 13.5. The molecule has 2 spiro atoms. The van der Waals surface area contributed by atoms with Crippen molar-refractivity contribution < 1.29 is 9.84 Å². The highest BCUT2D eigenvalue weighted by molar-refractivity contribution is 14.1. The van der Waals surface area contributed by atoms with Crippen molar-refractivity contribution in [3.8, 4) is 0 Å². The van der Waals surface area contributed by atoms with Gasteiger partial charge in [0.25, 0.3) is 0 Å². The Balaban J connectivity index is 1.21. The Hall–Kier alpha value is 0.640. The van der Waals surface area contributed by atoms with Crippen molar-refractivity contribution in [1.29, 1.82) is 0 Å². The number of halogens is 2. The number of aliphatic hydroxyl groups is 1. The molecule has 0 radical (unpaired) electrons. The minimum Gasteiger partial charge on any atom is -0.393 e. The molecule has 2 unspecified atom stereocenters. The summed E-state index contributed by atoms with van der Waals surface area (Å²) in [6.45, 7) is 9.80. The molecule has 0 aromatic carbocycles. The lowest BCUT2D eigenvalue weighted by Crippen LogP contribution is -2.56. The smallest absolute Gasteiger partial charge is 0.0879 e. The second-order valence-corrected chi connectivity index (χ2v) is 15.7. The van der Waals surface area contributed by atoms with E-state index in [0.717, 1.165) is 43.0 Å². The first-order chi connectivity index (χ1) is 16.2. The van der Waals surface area contributed by atoms with Crippen LogP contribution in [0.4, 0.5) is 0 Å². The molecule has 0 amide bonds. The van der Waals surface area contributed by atoms with Crippen LogP contribution in [0.5, 0.6) is 0 Å². The van der Waals surface area contributed by atoms with Crippen molar-refractivity contribution in [2.24, 2.45) is 39.9 Å². The van der Waals surface area contributed by atoms with Crippen molar-refractivity contribution >= 4 is 34.2 Å². The van der Waals surface area contributed by atoms with Crippen LogP contribution >= 0.6 is 34.2 Å². The molecule has 4 saturated carbocycles. The topological polar surface area (TPSA) is 32.7 Å². The van der Waals surface area contributed by atoms with E-state index in [2.05, 4.69) is 54.3 Å². The molecule has 5 heteroatoms. The Morgan fingerprint density at radius 3 is 2.85 bits per heavy atom. The van der Waals surface area contributed by atoms with Crippen LogP contribution in [0.1, 0.15) is 78.6 Å². The maximum absolute atomic E-state index is 10.4. The second kappa shape index (κ2) is 7.61. The maximum atomic E-state index is 10.4. The highest BCUT2D eigenvalue weighted by Gasteiger charge is 2.84. The summed E-state index contributed by atoms with van der Waals surface area (Å²) < 4.78 is 7.94. The van der Waals surface area contributed by atoms with Crippen LogP contribution in [0.15, 0.2) is 11.6 Å². The number of allylic oxidation sites excluding steroid dienone is 1. The third kappa shape index (κ3) is 2.77. The number of piperidine rings is 1. The standard InChI is InChI=1S/C29H43ClINO2/c1-17-12-23-24(32(15-17)11-10-30)25(31)29(34-23)9-7-21-20-5-4-18-13-19(33)6-8-26(18,2)22(20)14-28(21)16-27(28,29)3/h4,17,19-25,33H,5-16H2,1-3H3/t17-,19-,20-,21-,22-,23+,24+,25+,26-,27?,28?,29+/m0/s1. The van der Waals surface area contributed by atoms with Gasteiger partial charge in [0.05, 0.1) is 27.8 Å². The lowest BCUT2D eigenvalue weighted by molar-refractivity contribution is -0.134. The summed E-state index contributed by atoms with van der Waals surface area (Å²) in [4.78, 5) is 2.70. The monoisotopic (exact) mass is 599 g/mol.